The second-order valence-electron chi connectivity index (χ2n) is 6.31. The lowest BCUT2D eigenvalue weighted by molar-refractivity contribution is -0.144. The van der Waals surface area contributed by atoms with Crippen molar-refractivity contribution in [2.75, 3.05) is 7.11 Å². The highest BCUT2D eigenvalue weighted by atomic mass is 16.6. The fourth-order valence-electron chi connectivity index (χ4n) is 2.92. The smallest absolute Gasteiger partial charge is 0.310 e. The summed E-state index contributed by atoms with van der Waals surface area (Å²) in [4.78, 5) is 25.0. The molecule has 0 spiro atoms. The summed E-state index contributed by atoms with van der Waals surface area (Å²) in [5, 5.41) is 8.03. The molecular weight excluding hydrogens is 376 g/mol. The molecule has 0 saturated heterocycles. The Morgan fingerprint density at radius 3 is 2.72 bits per heavy atom. The number of rotatable bonds is 6. The van der Waals surface area contributed by atoms with Crippen LogP contribution in [0.3, 0.4) is 0 Å². The minimum absolute atomic E-state index is 0.0555. The molecule has 4 aromatic rings. The molecule has 29 heavy (non-hydrogen) atoms. The van der Waals surface area contributed by atoms with Gasteiger partial charge in [-0.25, -0.2) is 9.50 Å². The minimum Gasteiger partial charge on any atom is -0.497 e. The van der Waals surface area contributed by atoms with Crippen LogP contribution in [-0.2, 0) is 22.6 Å². The van der Waals surface area contributed by atoms with Crippen LogP contribution >= 0.6 is 0 Å². The number of methoxy groups -OCH3 is 1. The van der Waals surface area contributed by atoms with E-state index in [1.54, 1.807) is 23.8 Å². The van der Waals surface area contributed by atoms with Crippen LogP contribution in [0, 0.1) is 13.8 Å². The summed E-state index contributed by atoms with van der Waals surface area (Å²) >= 11 is 0. The van der Waals surface area contributed by atoms with Crippen molar-refractivity contribution >= 4 is 11.7 Å². The number of hydrogen-bond donors (Lipinski definition) is 0. The zero-order chi connectivity index (χ0) is 20.4. The molecule has 0 aliphatic carbocycles. The maximum Gasteiger partial charge on any atom is 0.310 e. The third kappa shape index (κ3) is 3.77. The van der Waals surface area contributed by atoms with Crippen molar-refractivity contribution in [3.05, 3.63) is 53.4 Å². The third-order valence-electron chi connectivity index (χ3n) is 4.48. The second kappa shape index (κ2) is 7.66. The number of carbonyl (C=O) groups is 1. The number of nitrogens with zero attached hydrogens (tertiary/aromatic N) is 6. The van der Waals surface area contributed by atoms with Gasteiger partial charge in [-0.2, -0.15) is 15.1 Å². The molecule has 1 aromatic carbocycles. The highest BCUT2D eigenvalue weighted by molar-refractivity contribution is 5.73. The average Bonchev–Trinajstić information content (AvgIpc) is 3.39. The fourth-order valence-corrected chi connectivity index (χ4v) is 2.92. The SMILES string of the molecule is COc1ccc(-c2noc(COC(=O)Cc3c(C)nc4ncnn4c3C)n2)cc1. The van der Waals surface area contributed by atoms with Crippen LogP contribution < -0.4 is 4.74 Å². The Morgan fingerprint density at radius 1 is 1.17 bits per heavy atom. The van der Waals surface area contributed by atoms with Gasteiger partial charge in [0, 0.05) is 22.5 Å². The number of aromatic nitrogens is 6. The zero-order valence-corrected chi connectivity index (χ0v) is 16.1. The first-order chi connectivity index (χ1) is 14.0. The van der Waals surface area contributed by atoms with E-state index in [9.17, 15) is 4.79 Å². The van der Waals surface area contributed by atoms with E-state index in [-0.39, 0.29) is 18.9 Å². The molecule has 0 unspecified atom stereocenters. The molecule has 3 heterocycles. The third-order valence-corrected chi connectivity index (χ3v) is 4.48. The normalized spacial score (nSPS) is 11.0. The predicted molar refractivity (Wildman–Crippen MR) is 100 cm³/mol. The van der Waals surface area contributed by atoms with Gasteiger partial charge < -0.3 is 14.0 Å². The van der Waals surface area contributed by atoms with E-state index in [2.05, 4.69) is 25.2 Å². The van der Waals surface area contributed by atoms with Gasteiger partial charge in [0.15, 0.2) is 6.61 Å². The zero-order valence-electron chi connectivity index (χ0n) is 16.1. The van der Waals surface area contributed by atoms with Gasteiger partial charge in [-0.1, -0.05) is 5.16 Å². The number of fused-ring (bicyclic) bond motifs is 1. The Morgan fingerprint density at radius 2 is 1.97 bits per heavy atom. The molecule has 148 valence electrons. The number of esters is 1. The van der Waals surface area contributed by atoms with Crippen molar-refractivity contribution in [3.63, 3.8) is 0 Å². The van der Waals surface area contributed by atoms with Crippen molar-refractivity contribution in [2.24, 2.45) is 0 Å². The lowest BCUT2D eigenvalue weighted by Crippen LogP contribution is -2.13. The lowest BCUT2D eigenvalue weighted by Gasteiger charge is -2.09. The summed E-state index contributed by atoms with van der Waals surface area (Å²) in [5.41, 5.74) is 3.02. The number of carbonyl (C=O) groups excluding carboxylic acids is 1. The molecule has 0 amide bonds. The van der Waals surface area contributed by atoms with E-state index in [4.69, 9.17) is 14.0 Å². The second-order valence-corrected chi connectivity index (χ2v) is 6.31. The molecule has 0 bridgehead atoms. The summed E-state index contributed by atoms with van der Waals surface area (Å²) in [6.07, 6.45) is 1.48. The first kappa shape index (κ1) is 18.5. The summed E-state index contributed by atoms with van der Waals surface area (Å²) in [7, 11) is 1.60. The van der Waals surface area contributed by atoms with Gasteiger partial charge >= 0.3 is 5.97 Å². The van der Waals surface area contributed by atoms with Crippen LogP contribution in [-0.4, -0.2) is 42.8 Å². The number of hydrogen-bond acceptors (Lipinski definition) is 9. The minimum atomic E-state index is -0.429. The van der Waals surface area contributed by atoms with Crippen LogP contribution in [0.4, 0.5) is 0 Å². The number of aryl methyl sites for hydroxylation is 2. The largest absolute Gasteiger partial charge is 0.497 e. The van der Waals surface area contributed by atoms with Gasteiger partial charge in [-0.15, -0.1) is 0 Å². The summed E-state index contributed by atoms with van der Waals surface area (Å²) in [5.74, 6) is 1.42. The summed E-state index contributed by atoms with van der Waals surface area (Å²) in [6.45, 7) is 3.57. The number of benzene rings is 1. The van der Waals surface area contributed by atoms with Gasteiger partial charge in [0.05, 0.1) is 13.5 Å². The highest BCUT2D eigenvalue weighted by Gasteiger charge is 2.17. The first-order valence-corrected chi connectivity index (χ1v) is 8.83. The molecule has 0 aliphatic heterocycles. The van der Waals surface area contributed by atoms with E-state index >= 15 is 0 Å². The van der Waals surface area contributed by atoms with Gasteiger partial charge in [0.2, 0.25) is 5.82 Å². The molecular formula is C19H18N6O4. The van der Waals surface area contributed by atoms with Crippen LogP contribution in [0.25, 0.3) is 17.2 Å². The molecule has 10 nitrogen and oxygen atoms in total. The van der Waals surface area contributed by atoms with Crippen LogP contribution in [0.15, 0.2) is 35.1 Å². The topological polar surface area (TPSA) is 118 Å². The van der Waals surface area contributed by atoms with Gasteiger partial charge in [0.1, 0.15) is 12.1 Å². The molecule has 10 heteroatoms. The van der Waals surface area contributed by atoms with Gasteiger partial charge in [-0.3, -0.25) is 4.79 Å². The van der Waals surface area contributed by atoms with E-state index in [0.29, 0.717) is 17.3 Å². The number of ether oxygens (including phenoxy) is 2. The van der Waals surface area contributed by atoms with Gasteiger partial charge in [0.25, 0.3) is 11.7 Å². The molecule has 3 aromatic heterocycles. The molecule has 0 aliphatic rings. The van der Waals surface area contributed by atoms with Crippen LogP contribution in [0.1, 0.15) is 22.8 Å². The maximum atomic E-state index is 12.3. The molecule has 0 atom stereocenters. The van der Waals surface area contributed by atoms with E-state index in [1.807, 2.05) is 26.0 Å². The van der Waals surface area contributed by atoms with Crippen molar-refractivity contribution in [2.45, 2.75) is 26.9 Å². The molecule has 4 rings (SSSR count). The monoisotopic (exact) mass is 394 g/mol. The standard InChI is InChI=1S/C19H18N6O4/c1-11-15(12(2)25-19(22-11)20-10-21-25)8-17(26)28-9-16-23-18(24-29-16)13-4-6-14(27-3)7-5-13/h4-7,10H,8-9H2,1-3H3. The Labute approximate surface area is 165 Å². The Bertz CT molecular complexity index is 1170. The van der Waals surface area contributed by atoms with Crippen molar-refractivity contribution in [3.8, 4) is 17.1 Å². The Kier molecular flexibility index (Phi) is 4.90. The summed E-state index contributed by atoms with van der Waals surface area (Å²) < 4.78 is 17.2. The van der Waals surface area contributed by atoms with Crippen molar-refractivity contribution < 1.29 is 18.8 Å². The quantitative estimate of drug-likeness (QED) is 0.453. The average molecular weight is 394 g/mol. The Balaban J connectivity index is 1.41. The molecule has 0 fully saturated rings. The van der Waals surface area contributed by atoms with E-state index in [1.165, 1.54) is 6.33 Å². The first-order valence-electron chi connectivity index (χ1n) is 8.83. The molecule has 0 N–H and O–H groups in total. The van der Waals surface area contributed by atoms with Crippen molar-refractivity contribution in [1.29, 1.82) is 0 Å². The highest BCUT2D eigenvalue weighted by Crippen LogP contribution is 2.20. The lowest BCUT2D eigenvalue weighted by atomic mass is 10.1. The Hall–Kier alpha value is -3.82. The molecule has 0 radical (unpaired) electrons. The van der Waals surface area contributed by atoms with Crippen LogP contribution in [0.5, 0.6) is 5.75 Å². The fraction of sp³-hybridized carbons (Fsp3) is 0.263. The van der Waals surface area contributed by atoms with Gasteiger partial charge in [-0.05, 0) is 38.1 Å². The maximum absolute atomic E-state index is 12.3. The summed E-state index contributed by atoms with van der Waals surface area (Å²) in [6, 6.07) is 7.24. The molecule has 0 saturated carbocycles. The van der Waals surface area contributed by atoms with E-state index in [0.717, 1.165) is 22.6 Å². The van der Waals surface area contributed by atoms with E-state index < -0.39 is 5.97 Å². The van der Waals surface area contributed by atoms with Crippen LogP contribution in [0.2, 0.25) is 0 Å². The van der Waals surface area contributed by atoms with Crippen molar-refractivity contribution in [1.82, 2.24) is 29.7 Å². The predicted octanol–water partition coefficient (Wildman–Crippen LogP) is 2.09.